The van der Waals surface area contributed by atoms with Crippen LogP contribution in [0.2, 0.25) is 0 Å². The minimum atomic E-state index is -0.339. The van der Waals surface area contributed by atoms with Crippen molar-refractivity contribution < 1.29 is 14.3 Å². The minimum absolute atomic E-state index is 0.149. The number of nitrogens with zero attached hydrogens (tertiary/aromatic N) is 1. The largest absolute Gasteiger partial charge is 0.456 e. The van der Waals surface area contributed by atoms with E-state index in [1.807, 2.05) is 24.3 Å². The summed E-state index contributed by atoms with van der Waals surface area (Å²) in [5, 5.41) is 0. The van der Waals surface area contributed by atoms with Gasteiger partial charge in [0, 0.05) is 18.7 Å². The Morgan fingerprint density at radius 1 is 1.33 bits per heavy atom. The van der Waals surface area contributed by atoms with E-state index < -0.39 is 0 Å². The summed E-state index contributed by atoms with van der Waals surface area (Å²) < 4.78 is 4.89. The molecular formula is C14H17NO3. The van der Waals surface area contributed by atoms with Crippen molar-refractivity contribution in [1.29, 1.82) is 0 Å². The molecule has 1 amide bonds. The number of carbonyl (C=O) groups is 2. The van der Waals surface area contributed by atoms with Crippen molar-refractivity contribution in [3.8, 4) is 0 Å². The SMILES string of the molecule is CCC(=O)OCC(=O)N1CCCc2ccccc21. The van der Waals surface area contributed by atoms with E-state index >= 15 is 0 Å². The average molecular weight is 247 g/mol. The van der Waals surface area contributed by atoms with Gasteiger partial charge in [-0.25, -0.2) is 0 Å². The summed E-state index contributed by atoms with van der Waals surface area (Å²) in [6, 6.07) is 7.87. The molecule has 2 rings (SSSR count). The van der Waals surface area contributed by atoms with Crippen molar-refractivity contribution in [2.75, 3.05) is 18.1 Å². The van der Waals surface area contributed by atoms with Gasteiger partial charge in [0.25, 0.3) is 5.91 Å². The van der Waals surface area contributed by atoms with Crippen molar-refractivity contribution in [3.05, 3.63) is 29.8 Å². The van der Waals surface area contributed by atoms with Crippen LogP contribution in [0.3, 0.4) is 0 Å². The van der Waals surface area contributed by atoms with Crippen LogP contribution in [0.4, 0.5) is 5.69 Å². The van der Waals surface area contributed by atoms with E-state index in [1.165, 1.54) is 5.56 Å². The van der Waals surface area contributed by atoms with E-state index in [0.29, 0.717) is 13.0 Å². The van der Waals surface area contributed by atoms with E-state index in [-0.39, 0.29) is 18.5 Å². The summed E-state index contributed by atoms with van der Waals surface area (Å²) in [6.07, 6.45) is 2.24. The molecule has 96 valence electrons. The smallest absolute Gasteiger partial charge is 0.306 e. The molecule has 0 aliphatic carbocycles. The Bertz CT molecular complexity index is 456. The second-order valence-corrected chi connectivity index (χ2v) is 4.29. The highest BCUT2D eigenvalue weighted by Crippen LogP contribution is 2.26. The van der Waals surface area contributed by atoms with Gasteiger partial charge in [-0.05, 0) is 24.5 Å². The molecule has 0 saturated heterocycles. The summed E-state index contributed by atoms with van der Waals surface area (Å²) in [5.41, 5.74) is 2.13. The van der Waals surface area contributed by atoms with Gasteiger partial charge in [0.2, 0.25) is 0 Å². The molecule has 1 aromatic carbocycles. The van der Waals surface area contributed by atoms with Crippen LogP contribution in [0.1, 0.15) is 25.3 Å². The molecule has 18 heavy (non-hydrogen) atoms. The Morgan fingerprint density at radius 2 is 2.11 bits per heavy atom. The third-order valence-electron chi connectivity index (χ3n) is 3.06. The topological polar surface area (TPSA) is 46.6 Å². The number of hydrogen-bond acceptors (Lipinski definition) is 3. The van der Waals surface area contributed by atoms with Crippen LogP contribution in [-0.4, -0.2) is 25.0 Å². The van der Waals surface area contributed by atoms with Gasteiger partial charge in [-0.15, -0.1) is 0 Å². The number of rotatable bonds is 3. The van der Waals surface area contributed by atoms with Crippen molar-refractivity contribution in [2.24, 2.45) is 0 Å². The Kier molecular flexibility index (Phi) is 3.97. The minimum Gasteiger partial charge on any atom is -0.456 e. The molecule has 0 atom stereocenters. The van der Waals surface area contributed by atoms with E-state index in [1.54, 1.807) is 11.8 Å². The Balaban J connectivity index is 2.06. The maximum Gasteiger partial charge on any atom is 0.306 e. The molecular weight excluding hydrogens is 230 g/mol. The number of amides is 1. The molecule has 1 aromatic rings. The summed E-state index contributed by atoms with van der Waals surface area (Å²) >= 11 is 0. The highest BCUT2D eigenvalue weighted by Gasteiger charge is 2.22. The molecule has 0 saturated carbocycles. The van der Waals surface area contributed by atoms with E-state index in [4.69, 9.17) is 4.74 Å². The lowest BCUT2D eigenvalue weighted by molar-refractivity contribution is -0.147. The van der Waals surface area contributed by atoms with Crippen molar-refractivity contribution in [3.63, 3.8) is 0 Å². The van der Waals surface area contributed by atoms with E-state index in [2.05, 4.69) is 0 Å². The molecule has 0 bridgehead atoms. The molecule has 0 fully saturated rings. The highest BCUT2D eigenvalue weighted by atomic mass is 16.5. The number of esters is 1. The number of aryl methyl sites for hydroxylation is 1. The Morgan fingerprint density at radius 3 is 2.89 bits per heavy atom. The van der Waals surface area contributed by atoms with Gasteiger partial charge in [0.05, 0.1) is 0 Å². The predicted molar refractivity (Wildman–Crippen MR) is 68.4 cm³/mol. The quantitative estimate of drug-likeness (QED) is 0.767. The Labute approximate surface area is 107 Å². The van der Waals surface area contributed by atoms with Crippen molar-refractivity contribution >= 4 is 17.6 Å². The van der Waals surface area contributed by atoms with E-state index in [9.17, 15) is 9.59 Å². The molecule has 1 aliphatic rings. The van der Waals surface area contributed by atoms with Gasteiger partial charge in [0.15, 0.2) is 6.61 Å². The average Bonchev–Trinajstić information content (AvgIpc) is 2.43. The molecule has 0 N–H and O–H groups in total. The molecule has 0 aromatic heterocycles. The fourth-order valence-corrected chi connectivity index (χ4v) is 2.11. The highest BCUT2D eigenvalue weighted by molar-refractivity contribution is 5.96. The van der Waals surface area contributed by atoms with Gasteiger partial charge in [-0.1, -0.05) is 25.1 Å². The number of hydrogen-bond donors (Lipinski definition) is 0. The lowest BCUT2D eigenvalue weighted by Gasteiger charge is -2.29. The summed E-state index contributed by atoms with van der Waals surface area (Å²) in [6.45, 7) is 2.24. The van der Waals surface area contributed by atoms with Crippen LogP contribution in [0, 0.1) is 0 Å². The molecule has 1 aliphatic heterocycles. The Hall–Kier alpha value is -1.84. The van der Waals surface area contributed by atoms with Crippen LogP contribution in [-0.2, 0) is 20.7 Å². The normalized spacial score (nSPS) is 13.9. The number of ether oxygens (including phenoxy) is 1. The molecule has 4 nitrogen and oxygen atoms in total. The van der Waals surface area contributed by atoms with Gasteiger partial charge in [0.1, 0.15) is 0 Å². The third-order valence-corrected chi connectivity index (χ3v) is 3.06. The molecule has 1 heterocycles. The third kappa shape index (κ3) is 2.70. The second-order valence-electron chi connectivity index (χ2n) is 4.29. The summed E-state index contributed by atoms with van der Waals surface area (Å²) in [4.78, 5) is 24.8. The zero-order valence-corrected chi connectivity index (χ0v) is 10.5. The number of para-hydroxylation sites is 1. The van der Waals surface area contributed by atoms with Crippen LogP contribution >= 0.6 is 0 Å². The van der Waals surface area contributed by atoms with Crippen LogP contribution in [0.15, 0.2) is 24.3 Å². The van der Waals surface area contributed by atoms with Gasteiger partial charge >= 0.3 is 5.97 Å². The summed E-state index contributed by atoms with van der Waals surface area (Å²) in [7, 11) is 0. The first-order valence-electron chi connectivity index (χ1n) is 6.26. The predicted octanol–water partition coefficient (Wildman–Crippen LogP) is 1.92. The fourth-order valence-electron chi connectivity index (χ4n) is 2.11. The molecule has 4 heteroatoms. The zero-order chi connectivity index (χ0) is 13.0. The monoisotopic (exact) mass is 247 g/mol. The second kappa shape index (κ2) is 5.67. The van der Waals surface area contributed by atoms with Crippen molar-refractivity contribution in [1.82, 2.24) is 0 Å². The first-order chi connectivity index (χ1) is 8.72. The van der Waals surface area contributed by atoms with Gasteiger partial charge in [-0.2, -0.15) is 0 Å². The van der Waals surface area contributed by atoms with E-state index in [0.717, 1.165) is 18.5 Å². The number of anilines is 1. The number of carbonyl (C=O) groups excluding carboxylic acids is 2. The lowest BCUT2D eigenvalue weighted by atomic mass is 10.0. The molecule has 0 radical (unpaired) electrons. The first-order valence-corrected chi connectivity index (χ1v) is 6.26. The number of benzene rings is 1. The van der Waals surface area contributed by atoms with Gasteiger partial charge < -0.3 is 9.64 Å². The maximum absolute atomic E-state index is 12.0. The van der Waals surface area contributed by atoms with Crippen molar-refractivity contribution in [2.45, 2.75) is 26.2 Å². The molecule has 0 spiro atoms. The van der Waals surface area contributed by atoms with Crippen LogP contribution in [0.5, 0.6) is 0 Å². The maximum atomic E-state index is 12.0. The standard InChI is InChI=1S/C14H17NO3/c1-2-14(17)18-10-13(16)15-9-5-7-11-6-3-4-8-12(11)15/h3-4,6,8H,2,5,7,9-10H2,1H3. The van der Waals surface area contributed by atoms with Gasteiger partial charge in [-0.3, -0.25) is 9.59 Å². The zero-order valence-electron chi connectivity index (χ0n) is 10.5. The fraction of sp³-hybridized carbons (Fsp3) is 0.429. The molecule has 0 unspecified atom stereocenters. The van der Waals surface area contributed by atoms with Crippen LogP contribution in [0.25, 0.3) is 0 Å². The van der Waals surface area contributed by atoms with Crippen LogP contribution < -0.4 is 4.90 Å². The first kappa shape index (κ1) is 12.6. The lowest BCUT2D eigenvalue weighted by Crippen LogP contribution is -2.38. The number of fused-ring (bicyclic) bond motifs is 1. The summed E-state index contributed by atoms with van der Waals surface area (Å²) in [5.74, 6) is -0.488.